The van der Waals surface area contributed by atoms with Gasteiger partial charge >= 0.3 is 0 Å². The number of thioether (sulfide) groups is 1. The first kappa shape index (κ1) is 19.4. The van der Waals surface area contributed by atoms with E-state index in [1.165, 1.54) is 5.56 Å². The number of likely N-dealkylation sites (tertiary alicyclic amines) is 1. The molecule has 1 N–H and O–H groups in total. The first-order valence-electron chi connectivity index (χ1n) is 8.85. The molecule has 1 aromatic carbocycles. The molecule has 142 valence electrons. The number of rotatable bonds is 8. The quantitative estimate of drug-likeness (QED) is 0.708. The third-order valence-electron chi connectivity index (χ3n) is 4.40. The molecule has 0 bridgehead atoms. The van der Waals surface area contributed by atoms with Crippen molar-refractivity contribution in [3.63, 3.8) is 0 Å². The fraction of sp³-hybridized carbons (Fsp3) is 0.350. The number of hydrogen-bond donors (Lipinski definition) is 1. The fourth-order valence-corrected chi connectivity index (χ4v) is 3.73. The van der Waals surface area contributed by atoms with Gasteiger partial charge in [-0.2, -0.15) is 0 Å². The van der Waals surface area contributed by atoms with E-state index in [0.29, 0.717) is 19.7 Å². The van der Waals surface area contributed by atoms with Gasteiger partial charge in [-0.1, -0.05) is 6.07 Å². The second-order valence-electron chi connectivity index (χ2n) is 6.40. The van der Waals surface area contributed by atoms with E-state index in [1.807, 2.05) is 42.6 Å². The van der Waals surface area contributed by atoms with Gasteiger partial charge in [0.1, 0.15) is 0 Å². The summed E-state index contributed by atoms with van der Waals surface area (Å²) in [5, 5.41) is 2.91. The number of nitrogens with zero attached hydrogens (tertiary/aromatic N) is 2. The van der Waals surface area contributed by atoms with E-state index >= 15 is 0 Å². The van der Waals surface area contributed by atoms with Crippen LogP contribution in [-0.2, 0) is 20.1 Å². The Morgan fingerprint density at radius 3 is 2.85 bits per heavy atom. The Morgan fingerprint density at radius 2 is 2.15 bits per heavy atom. The summed E-state index contributed by atoms with van der Waals surface area (Å²) in [6, 6.07) is 11.7. The van der Waals surface area contributed by atoms with Crippen LogP contribution in [0.25, 0.3) is 0 Å². The van der Waals surface area contributed by atoms with E-state index in [2.05, 4.69) is 10.3 Å². The van der Waals surface area contributed by atoms with Crippen molar-refractivity contribution in [2.75, 3.05) is 32.1 Å². The van der Waals surface area contributed by atoms with Crippen molar-refractivity contribution in [1.82, 2.24) is 9.88 Å². The van der Waals surface area contributed by atoms with Crippen molar-refractivity contribution < 1.29 is 14.3 Å². The number of benzene rings is 1. The van der Waals surface area contributed by atoms with Crippen molar-refractivity contribution in [3.05, 3.63) is 54.4 Å². The zero-order valence-corrected chi connectivity index (χ0v) is 16.1. The Morgan fingerprint density at radius 1 is 1.33 bits per heavy atom. The molecule has 2 amide bonds. The van der Waals surface area contributed by atoms with E-state index in [4.69, 9.17) is 4.74 Å². The molecule has 2 aromatic rings. The molecule has 0 unspecified atom stereocenters. The van der Waals surface area contributed by atoms with Crippen LogP contribution in [0.3, 0.4) is 0 Å². The average Bonchev–Trinajstić information content (AvgIpc) is 3.07. The highest BCUT2D eigenvalue weighted by Gasteiger charge is 2.33. The standard InChI is InChI=1S/C20H23N3O3S/c1-26-10-9-23-13-16(11-19(23)24)20(25)22-17-4-6-18(7-5-17)27-14-15-3-2-8-21-12-15/h2-8,12,16H,9-11,13-14H2,1H3,(H,22,25)/t16-/m1/s1. The highest BCUT2D eigenvalue weighted by molar-refractivity contribution is 7.98. The maximum absolute atomic E-state index is 12.4. The molecule has 1 aromatic heterocycles. The zero-order chi connectivity index (χ0) is 19.1. The Labute approximate surface area is 163 Å². The summed E-state index contributed by atoms with van der Waals surface area (Å²) in [5.74, 6) is 0.434. The second kappa shape index (κ2) is 9.53. The van der Waals surface area contributed by atoms with E-state index in [0.717, 1.165) is 16.3 Å². The highest BCUT2D eigenvalue weighted by atomic mass is 32.2. The van der Waals surface area contributed by atoms with Crippen LogP contribution in [0.1, 0.15) is 12.0 Å². The predicted molar refractivity (Wildman–Crippen MR) is 105 cm³/mol. The minimum Gasteiger partial charge on any atom is -0.383 e. The molecule has 0 aliphatic carbocycles. The fourth-order valence-electron chi connectivity index (χ4n) is 2.89. The Kier molecular flexibility index (Phi) is 6.84. The third-order valence-corrected chi connectivity index (χ3v) is 5.48. The largest absolute Gasteiger partial charge is 0.383 e. The summed E-state index contributed by atoms with van der Waals surface area (Å²) in [6.45, 7) is 1.47. The SMILES string of the molecule is COCCN1C[C@H](C(=O)Nc2ccc(SCc3cccnc3)cc2)CC1=O. The molecule has 7 heteroatoms. The van der Waals surface area contributed by atoms with Crippen LogP contribution < -0.4 is 5.32 Å². The summed E-state index contributed by atoms with van der Waals surface area (Å²) in [4.78, 5) is 31.3. The number of methoxy groups -OCH3 is 1. The molecule has 0 saturated carbocycles. The lowest BCUT2D eigenvalue weighted by molar-refractivity contribution is -0.128. The monoisotopic (exact) mass is 385 g/mol. The van der Waals surface area contributed by atoms with Crippen LogP contribution in [0.4, 0.5) is 5.69 Å². The highest BCUT2D eigenvalue weighted by Crippen LogP contribution is 2.25. The van der Waals surface area contributed by atoms with Crippen molar-refractivity contribution in [3.8, 4) is 0 Å². The normalized spacial score (nSPS) is 16.6. The number of pyridine rings is 1. The summed E-state index contributed by atoms with van der Waals surface area (Å²) < 4.78 is 5.00. The molecule has 27 heavy (non-hydrogen) atoms. The van der Waals surface area contributed by atoms with Crippen molar-refractivity contribution >= 4 is 29.3 Å². The molecule has 0 spiro atoms. The van der Waals surface area contributed by atoms with E-state index < -0.39 is 0 Å². The van der Waals surface area contributed by atoms with Crippen LogP contribution in [-0.4, -0.2) is 48.5 Å². The first-order chi connectivity index (χ1) is 13.2. The van der Waals surface area contributed by atoms with Crippen molar-refractivity contribution in [2.45, 2.75) is 17.1 Å². The second-order valence-corrected chi connectivity index (χ2v) is 7.45. The molecule has 1 fully saturated rings. The van der Waals surface area contributed by atoms with Crippen molar-refractivity contribution in [1.29, 1.82) is 0 Å². The Balaban J connectivity index is 1.49. The maximum atomic E-state index is 12.4. The number of aromatic nitrogens is 1. The molecule has 1 atom stereocenters. The van der Waals surface area contributed by atoms with Crippen LogP contribution >= 0.6 is 11.8 Å². The van der Waals surface area contributed by atoms with Gasteiger partial charge in [0.05, 0.1) is 12.5 Å². The van der Waals surface area contributed by atoms with Gasteiger partial charge < -0.3 is 15.0 Å². The minimum absolute atomic E-state index is 0.00866. The summed E-state index contributed by atoms with van der Waals surface area (Å²) in [7, 11) is 1.60. The molecular weight excluding hydrogens is 362 g/mol. The third kappa shape index (κ3) is 5.55. The predicted octanol–water partition coefficient (Wildman–Crippen LogP) is 2.81. The van der Waals surface area contributed by atoms with Gasteiger partial charge in [0, 0.05) is 55.3 Å². The average molecular weight is 385 g/mol. The lowest BCUT2D eigenvalue weighted by Gasteiger charge is -2.15. The van der Waals surface area contributed by atoms with Gasteiger partial charge in [-0.15, -0.1) is 11.8 Å². The number of nitrogens with one attached hydrogen (secondary N) is 1. The molecule has 1 aliphatic rings. The van der Waals surface area contributed by atoms with Crippen LogP contribution in [0.2, 0.25) is 0 Å². The van der Waals surface area contributed by atoms with Gasteiger partial charge in [-0.3, -0.25) is 14.6 Å². The van der Waals surface area contributed by atoms with E-state index in [1.54, 1.807) is 30.0 Å². The Bertz CT molecular complexity index is 768. The molecule has 1 saturated heterocycles. The van der Waals surface area contributed by atoms with Gasteiger partial charge in [-0.25, -0.2) is 0 Å². The number of anilines is 1. The molecule has 0 radical (unpaired) electrons. The molecular formula is C20H23N3O3S. The van der Waals surface area contributed by atoms with Gasteiger partial charge in [-0.05, 0) is 35.9 Å². The summed E-state index contributed by atoms with van der Waals surface area (Å²) in [6.07, 6.45) is 3.88. The first-order valence-corrected chi connectivity index (χ1v) is 9.83. The number of ether oxygens (including phenoxy) is 1. The van der Waals surface area contributed by atoms with Gasteiger partial charge in [0.15, 0.2) is 0 Å². The van der Waals surface area contributed by atoms with E-state index in [-0.39, 0.29) is 24.2 Å². The molecule has 2 heterocycles. The van der Waals surface area contributed by atoms with Crippen LogP contribution in [0.5, 0.6) is 0 Å². The van der Waals surface area contributed by atoms with Crippen LogP contribution in [0, 0.1) is 5.92 Å². The van der Waals surface area contributed by atoms with Crippen molar-refractivity contribution in [2.24, 2.45) is 5.92 Å². The smallest absolute Gasteiger partial charge is 0.229 e. The van der Waals surface area contributed by atoms with Gasteiger partial charge in [0.25, 0.3) is 0 Å². The number of hydrogen-bond acceptors (Lipinski definition) is 5. The Hall–Kier alpha value is -2.38. The number of amides is 2. The summed E-state index contributed by atoms with van der Waals surface area (Å²) >= 11 is 1.72. The summed E-state index contributed by atoms with van der Waals surface area (Å²) in [5.41, 5.74) is 1.91. The molecule has 6 nitrogen and oxygen atoms in total. The minimum atomic E-state index is -0.311. The zero-order valence-electron chi connectivity index (χ0n) is 15.3. The topological polar surface area (TPSA) is 71.5 Å². The number of carbonyl (C=O) groups excluding carboxylic acids is 2. The lowest BCUT2D eigenvalue weighted by Crippen LogP contribution is -2.30. The number of carbonyl (C=O) groups is 2. The lowest BCUT2D eigenvalue weighted by atomic mass is 10.1. The van der Waals surface area contributed by atoms with Crippen LogP contribution in [0.15, 0.2) is 53.7 Å². The van der Waals surface area contributed by atoms with Gasteiger partial charge in [0.2, 0.25) is 11.8 Å². The van der Waals surface area contributed by atoms with E-state index in [9.17, 15) is 9.59 Å². The molecule has 1 aliphatic heterocycles. The maximum Gasteiger partial charge on any atom is 0.229 e. The molecule has 3 rings (SSSR count).